The minimum absolute atomic E-state index is 0.526. The number of aromatic nitrogens is 2. The Bertz CT molecular complexity index is 856. The standard InChI is InChI=1S/C19H21N3O3/c1-23-16-5-3-2-4-14(16)18-15-6-7-17(21-19(15)25-22-18)20-12-13-8-10-24-11-9-13/h2-7,13H,8-12H2,1H3,(H,20,21). The number of para-hydroxylation sites is 1. The summed E-state index contributed by atoms with van der Waals surface area (Å²) in [5.41, 5.74) is 2.17. The first kappa shape index (κ1) is 15.9. The number of pyridine rings is 1. The molecule has 2 aromatic heterocycles. The van der Waals surface area contributed by atoms with Gasteiger partial charge in [-0.25, -0.2) is 0 Å². The van der Waals surface area contributed by atoms with E-state index in [2.05, 4.69) is 15.5 Å². The number of fused-ring (bicyclic) bond motifs is 1. The highest BCUT2D eigenvalue weighted by atomic mass is 16.5. The molecule has 0 unspecified atom stereocenters. The Labute approximate surface area is 146 Å². The van der Waals surface area contributed by atoms with E-state index < -0.39 is 0 Å². The zero-order valence-corrected chi connectivity index (χ0v) is 14.2. The van der Waals surface area contributed by atoms with Crippen LogP contribution in [0, 0.1) is 5.92 Å². The Hall–Kier alpha value is -2.60. The number of hydrogen-bond donors (Lipinski definition) is 1. The Kier molecular flexibility index (Phi) is 4.52. The van der Waals surface area contributed by atoms with Crippen molar-refractivity contribution in [3.8, 4) is 17.0 Å². The summed E-state index contributed by atoms with van der Waals surface area (Å²) in [5.74, 6) is 2.20. The van der Waals surface area contributed by atoms with Crippen LogP contribution < -0.4 is 10.1 Å². The van der Waals surface area contributed by atoms with Crippen LogP contribution in [0.25, 0.3) is 22.4 Å². The predicted molar refractivity (Wildman–Crippen MR) is 95.8 cm³/mol. The van der Waals surface area contributed by atoms with Crippen LogP contribution >= 0.6 is 0 Å². The number of methoxy groups -OCH3 is 1. The van der Waals surface area contributed by atoms with Gasteiger partial charge in [-0.2, -0.15) is 4.98 Å². The van der Waals surface area contributed by atoms with Crippen molar-refractivity contribution in [2.24, 2.45) is 5.92 Å². The Morgan fingerprint density at radius 3 is 2.84 bits per heavy atom. The molecule has 3 heterocycles. The molecule has 25 heavy (non-hydrogen) atoms. The number of rotatable bonds is 5. The molecule has 1 saturated heterocycles. The summed E-state index contributed by atoms with van der Waals surface area (Å²) < 4.78 is 16.3. The fourth-order valence-corrected chi connectivity index (χ4v) is 3.16. The zero-order valence-electron chi connectivity index (χ0n) is 14.2. The normalized spacial score (nSPS) is 15.4. The molecule has 3 aromatic rings. The van der Waals surface area contributed by atoms with Gasteiger partial charge in [-0.05, 0) is 43.0 Å². The lowest BCUT2D eigenvalue weighted by molar-refractivity contribution is 0.0699. The van der Waals surface area contributed by atoms with Gasteiger partial charge in [-0.1, -0.05) is 17.3 Å². The average Bonchev–Trinajstić information content (AvgIpc) is 3.10. The van der Waals surface area contributed by atoms with Gasteiger partial charge in [0, 0.05) is 25.3 Å². The van der Waals surface area contributed by atoms with Crippen LogP contribution in [0.2, 0.25) is 0 Å². The Morgan fingerprint density at radius 2 is 2.00 bits per heavy atom. The van der Waals surface area contributed by atoms with Crippen LogP contribution in [0.1, 0.15) is 12.8 Å². The lowest BCUT2D eigenvalue weighted by Crippen LogP contribution is -2.22. The molecule has 0 atom stereocenters. The number of nitrogens with one attached hydrogen (secondary N) is 1. The van der Waals surface area contributed by atoms with Gasteiger partial charge >= 0.3 is 0 Å². The van der Waals surface area contributed by atoms with Gasteiger partial charge in [0.15, 0.2) is 0 Å². The topological polar surface area (TPSA) is 69.4 Å². The summed E-state index contributed by atoms with van der Waals surface area (Å²) in [4.78, 5) is 4.55. The summed E-state index contributed by atoms with van der Waals surface area (Å²) in [6.45, 7) is 2.60. The largest absolute Gasteiger partial charge is 0.496 e. The smallest absolute Gasteiger partial charge is 0.260 e. The second-order valence-corrected chi connectivity index (χ2v) is 6.22. The quantitative estimate of drug-likeness (QED) is 0.764. The number of anilines is 1. The fourth-order valence-electron chi connectivity index (χ4n) is 3.16. The maximum absolute atomic E-state index is 5.46. The van der Waals surface area contributed by atoms with Crippen LogP contribution in [-0.2, 0) is 4.74 Å². The summed E-state index contributed by atoms with van der Waals surface area (Å²) >= 11 is 0. The van der Waals surface area contributed by atoms with Crippen molar-refractivity contribution in [2.45, 2.75) is 12.8 Å². The van der Waals surface area contributed by atoms with Gasteiger partial charge in [-0.3, -0.25) is 0 Å². The number of nitrogens with zero attached hydrogens (tertiary/aromatic N) is 2. The van der Waals surface area contributed by atoms with E-state index in [0.717, 1.165) is 60.8 Å². The molecule has 0 aliphatic carbocycles. The third-order valence-electron chi connectivity index (χ3n) is 4.61. The van der Waals surface area contributed by atoms with Crippen molar-refractivity contribution in [3.05, 3.63) is 36.4 Å². The van der Waals surface area contributed by atoms with Gasteiger partial charge in [0.05, 0.1) is 12.5 Å². The SMILES string of the molecule is COc1ccccc1-c1noc2nc(NCC3CCOCC3)ccc12. The molecule has 4 rings (SSSR count). The molecule has 130 valence electrons. The van der Waals surface area contributed by atoms with Crippen LogP contribution in [0.15, 0.2) is 40.9 Å². The highest BCUT2D eigenvalue weighted by Gasteiger charge is 2.17. The lowest BCUT2D eigenvalue weighted by atomic mass is 10.0. The van der Waals surface area contributed by atoms with Crippen molar-refractivity contribution in [1.82, 2.24) is 10.1 Å². The molecule has 6 heteroatoms. The van der Waals surface area contributed by atoms with Crippen LogP contribution in [0.5, 0.6) is 5.75 Å². The molecule has 1 aromatic carbocycles. The average molecular weight is 339 g/mol. The summed E-state index contributed by atoms with van der Waals surface area (Å²) in [5, 5.41) is 8.48. The first-order chi connectivity index (χ1) is 12.3. The highest BCUT2D eigenvalue weighted by Crippen LogP contribution is 2.34. The number of ether oxygens (including phenoxy) is 2. The lowest BCUT2D eigenvalue weighted by Gasteiger charge is -2.22. The molecule has 0 radical (unpaired) electrons. The van der Waals surface area contributed by atoms with Crippen LogP contribution in [0.3, 0.4) is 0 Å². The molecule has 1 fully saturated rings. The Balaban J connectivity index is 1.56. The molecule has 1 aliphatic heterocycles. The molecule has 0 bridgehead atoms. The van der Waals surface area contributed by atoms with Gasteiger partial charge < -0.3 is 19.3 Å². The van der Waals surface area contributed by atoms with Gasteiger partial charge in [0.2, 0.25) is 0 Å². The van der Waals surface area contributed by atoms with Gasteiger partial charge in [-0.15, -0.1) is 0 Å². The first-order valence-corrected chi connectivity index (χ1v) is 8.56. The molecular formula is C19H21N3O3. The predicted octanol–water partition coefficient (Wildman–Crippen LogP) is 3.74. The summed E-state index contributed by atoms with van der Waals surface area (Å²) in [6.07, 6.45) is 2.19. The monoisotopic (exact) mass is 339 g/mol. The van der Waals surface area contributed by atoms with E-state index in [-0.39, 0.29) is 0 Å². The van der Waals surface area contributed by atoms with E-state index in [0.29, 0.717) is 11.6 Å². The van der Waals surface area contributed by atoms with Crippen LogP contribution in [0.4, 0.5) is 5.82 Å². The summed E-state index contributed by atoms with van der Waals surface area (Å²) in [6, 6.07) is 11.7. The fraction of sp³-hybridized carbons (Fsp3) is 0.368. The highest BCUT2D eigenvalue weighted by molar-refractivity contribution is 5.91. The third-order valence-corrected chi connectivity index (χ3v) is 4.61. The molecule has 1 aliphatic rings. The van der Waals surface area contributed by atoms with Gasteiger partial charge in [0.1, 0.15) is 17.3 Å². The third kappa shape index (κ3) is 3.30. The zero-order chi connectivity index (χ0) is 17.1. The van der Waals surface area contributed by atoms with E-state index in [1.54, 1.807) is 7.11 Å². The minimum Gasteiger partial charge on any atom is -0.496 e. The molecule has 0 spiro atoms. The molecule has 6 nitrogen and oxygen atoms in total. The van der Waals surface area contributed by atoms with Crippen molar-refractivity contribution in [3.63, 3.8) is 0 Å². The van der Waals surface area contributed by atoms with Crippen molar-refractivity contribution in [2.75, 3.05) is 32.2 Å². The number of benzene rings is 1. The van der Waals surface area contributed by atoms with E-state index in [4.69, 9.17) is 14.0 Å². The van der Waals surface area contributed by atoms with Crippen molar-refractivity contribution < 1.29 is 14.0 Å². The summed E-state index contributed by atoms with van der Waals surface area (Å²) in [7, 11) is 1.65. The molecule has 0 saturated carbocycles. The second kappa shape index (κ2) is 7.11. The van der Waals surface area contributed by atoms with Crippen molar-refractivity contribution >= 4 is 16.9 Å². The minimum atomic E-state index is 0.526. The van der Waals surface area contributed by atoms with Crippen LogP contribution in [-0.4, -0.2) is 37.0 Å². The maximum Gasteiger partial charge on any atom is 0.260 e. The van der Waals surface area contributed by atoms with E-state index >= 15 is 0 Å². The molecule has 0 amide bonds. The van der Waals surface area contributed by atoms with E-state index in [9.17, 15) is 0 Å². The van der Waals surface area contributed by atoms with Crippen molar-refractivity contribution in [1.29, 1.82) is 0 Å². The van der Waals surface area contributed by atoms with E-state index in [1.807, 2.05) is 36.4 Å². The number of hydrogen-bond acceptors (Lipinski definition) is 6. The maximum atomic E-state index is 5.46. The molecule has 1 N–H and O–H groups in total. The first-order valence-electron chi connectivity index (χ1n) is 8.56. The van der Waals surface area contributed by atoms with E-state index in [1.165, 1.54) is 0 Å². The second-order valence-electron chi connectivity index (χ2n) is 6.22. The van der Waals surface area contributed by atoms with Gasteiger partial charge in [0.25, 0.3) is 5.71 Å². The molecular weight excluding hydrogens is 318 g/mol. The Morgan fingerprint density at radius 1 is 1.16 bits per heavy atom.